The first kappa shape index (κ1) is 13.9. The molecule has 0 bridgehead atoms. The van der Waals surface area contributed by atoms with E-state index >= 15 is 0 Å². The lowest BCUT2D eigenvalue weighted by Gasteiger charge is -2.19. The first-order chi connectivity index (χ1) is 8.99. The van der Waals surface area contributed by atoms with Crippen LogP contribution in [-0.4, -0.2) is 11.1 Å². The minimum absolute atomic E-state index is 0.222. The summed E-state index contributed by atoms with van der Waals surface area (Å²) >= 11 is 0. The second kappa shape index (κ2) is 5.62. The number of nitrogens with zero attached hydrogens (tertiary/aromatic N) is 1. The molecule has 0 saturated carbocycles. The first-order valence-corrected chi connectivity index (χ1v) is 6.93. The van der Waals surface area contributed by atoms with Gasteiger partial charge in [-0.05, 0) is 41.1 Å². The van der Waals surface area contributed by atoms with E-state index in [2.05, 4.69) is 68.1 Å². The molecule has 0 amide bonds. The number of hydrogen-bond donors (Lipinski definition) is 1. The molecule has 0 unspecified atom stereocenters. The molecule has 2 nitrogen and oxygen atoms in total. The maximum atomic E-state index is 5.57. The van der Waals surface area contributed by atoms with Crippen molar-refractivity contribution in [2.45, 2.75) is 39.2 Å². The topological polar surface area (TPSA) is 30.9 Å². The monoisotopic (exact) mass is 256 g/mol. The lowest BCUT2D eigenvalue weighted by atomic mass is 9.87. The van der Waals surface area contributed by atoms with E-state index < -0.39 is 0 Å². The van der Waals surface area contributed by atoms with Crippen LogP contribution in [0.1, 0.15) is 37.5 Å². The second-order valence-electron chi connectivity index (χ2n) is 6.18. The molecule has 0 aliphatic rings. The molecule has 0 aliphatic carbocycles. The van der Waals surface area contributed by atoms with Crippen molar-refractivity contribution in [2.24, 2.45) is 5.73 Å². The highest BCUT2D eigenvalue weighted by Gasteiger charge is 2.12. The molecular weight excluding hydrogens is 232 g/mol. The predicted molar refractivity (Wildman–Crippen MR) is 81.4 cm³/mol. The van der Waals surface area contributed by atoms with Crippen LogP contribution < -0.4 is 5.73 Å². The summed E-state index contributed by atoms with van der Waals surface area (Å²) in [6, 6.07) is 11.1. The van der Waals surface area contributed by atoms with Crippen LogP contribution in [0.2, 0.25) is 0 Å². The van der Waals surface area contributed by atoms with Crippen molar-refractivity contribution in [1.29, 1.82) is 0 Å². The summed E-state index contributed by atoms with van der Waals surface area (Å²) in [5.41, 5.74) is 9.82. The molecule has 19 heavy (non-hydrogen) atoms. The van der Waals surface area contributed by atoms with E-state index in [1.807, 2.05) is 0 Å². The molecule has 1 aromatic heterocycles. The van der Waals surface area contributed by atoms with Gasteiger partial charge in [0.15, 0.2) is 0 Å². The molecule has 0 saturated heterocycles. The van der Waals surface area contributed by atoms with Gasteiger partial charge < -0.3 is 10.3 Å². The highest BCUT2D eigenvalue weighted by Crippen LogP contribution is 2.22. The largest absolute Gasteiger partial charge is 0.350 e. The normalized spacial score (nSPS) is 11.8. The standard InChI is InChI=1S/C17H24N2/c1-17(2,3)16-6-4-14(5-7-16)12-19-11-9-15(13-19)8-10-18/h4-7,9,11,13H,8,10,12,18H2,1-3H3. The maximum absolute atomic E-state index is 5.57. The predicted octanol–water partition coefficient (Wildman–Crippen LogP) is 3.34. The van der Waals surface area contributed by atoms with Crippen LogP contribution in [0, 0.1) is 0 Å². The van der Waals surface area contributed by atoms with Crippen molar-refractivity contribution in [3.8, 4) is 0 Å². The smallest absolute Gasteiger partial charge is 0.0470 e. The van der Waals surface area contributed by atoms with Gasteiger partial charge in [0.1, 0.15) is 0 Å². The summed E-state index contributed by atoms with van der Waals surface area (Å²) < 4.78 is 2.22. The molecule has 0 fully saturated rings. The highest BCUT2D eigenvalue weighted by molar-refractivity contribution is 5.28. The Hall–Kier alpha value is -1.54. The average molecular weight is 256 g/mol. The van der Waals surface area contributed by atoms with Gasteiger partial charge in [-0.3, -0.25) is 0 Å². The summed E-state index contributed by atoms with van der Waals surface area (Å²) in [5.74, 6) is 0. The van der Waals surface area contributed by atoms with Gasteiger partial charge >= 0.3 is 0 Å². The molecule has 1 heterocycles. The van der Waals surface area contributed by atoms with Gasteiger partial charge in [-0.15, -0.1) is 0 Å². The zero-order valence-corrected chi connectivity index (χ0v) is 12.2. The molecule has 0 aliphatic heterocycles. The lowest BCUT2D eigenvalue weighted by molar-refractivity contribution is 0.590. The van der Waals surface area contributed by atoms with Gasteiger partial charge in [-0.2, -0.15) is 0 Å². The van der Waals surface area contributed by atoms with E-state index in [9.17, 15) is 0 Å². The fourth-order valence-electron chi connectivity index (χ4n) is 2.22. The lowest BCUT2D eigenvalue weighted by Crippen LogP contribution is -2.10. The van der Waals surface area contributed by atoms with Crippen molar-refractivity contribution in [2.75, 3.05) is 6.54 Å². The third-order valence-electron chi connectivity index (χ3n) is 3.43. The van der Waals surface area contributed by atoms with E-state index in [0.29, 0.717) is 6.54 Å². The van der Waals surface area contributed by atoms with E-state index in [1.165, 1.54) is 16.7 Å². The third kappa shape index (κ3) is 3.71. The summed E-state index contributed by atoms with van der Waals surface area (Å²) in [6.07, 6.45) is 5.27. The summed E-state index contributed by atoms with van der Waals surface area (Å²) in [5, 5.41) is 0. The van der Waals surface area contributed by atoms with Gasteiger partial charge in [0.2, 0.25) is 0 Å². The molecule has 102 valence electrons. The SMILES string of the molecule is CC(C)(C)c1ccc(Cn2ccc(CCN)c2)cc1. The minimum atomic E-state index is 0.222. The summed E-state index contributed by atoms with van der Waals surface area (Å²) in [4.78, 5) is 0. The quantitative estimate of drug-likeness (QED) is 0.893. The molecule has 0 atom stereocenters. The van der Waals surface area contributed by atoms with Crippen molar-refractivity contribution in [3.05, 3.63) is 59.4 Å². The van der Waals surface area contributed by atoms with Crippen molar-refractivity contribution < 1.29 is 0 Å². The molecule has 2 heteroatoms. The minimum Gasteiger partial charge on any atom is -0.350 e. The van der Waals surface area contributed by atoms with Gasteiger partial charge in [-0.25, -0.2) is 0 Å². The Kier molecular flexibility index (Phi) is 4.11. The van der Waals surface area contributed by atoms with E-state index in [-0.39, 0.29) is 5.41 Å². The maximum Gasteiger partial charge on any atom is 0.0470 e. The molecule has 0 spiro atoms. The Morgan fingerprint density at radius 1 is 1.00 bits per heavy atom. The third-order valence-corrected chi connectivity index (χ3v) is 3.43. The zero-order chi connectivity index (χ0) is 13.9. The Labute approximate surface area is 116 Å². The highest BCUT2D eigenvalue weighted by atomic mass is 14.9. The fraction of sp³-hybridized carbons (Fsp3) is 0.412. The second-order valence-corrected chi connectivity index (χ2v) is 6.18. The average Bonchev–Trinajstić information content (AvgIpc) is 2.77. The number of hydrogen-bond acceptors (Lipinski definition) is 1. The molecule has 1 aromatic carbocycles. The van der Waals surface area contributed by atoms with Crippen LogP contribution in [0.4, 0.5) is 0 Å². The fourth-order valence-corrected chi connectivity index (χ4v) is 2.22. The Morgan fingerprint density at radius 3 is 2.26 bits per heavy atom. The van der Waals surface area contributed by atoms with Crippen LogP contribution in [0.15, 0.2) is 42.7 Å². The molecule has 2 rings (SSSR count). The number of benzene rings is 1. The Balaban J connectivity index is 2.06. The van der Waals surface area contributed by atoms with Crippen molar-refractivity contribution >= 4 is 0 Å². The van der Waals surface area contributed by atoms with Crippen LogP contribution >= 0.6 is 0 Å². The van der Waals surface area contributed by atoms with Crippen LogP contribution in [0.25, 0.3) is 0 Å². The van der Waals surface area contributed by atoms with Crippen LogP contribution in [0.3, 0.4) is 0 Å². The molecule has 0 radical (unpaired) electrons. The van der Waals surface area contributed by atoms with E-state index in [1.54, 1.807) is 0 Å². The Bertz CT molecular complexity index is 515. The van der Waals surface area contributed by atoms with Crippen LogP contribution in [-0.2, 0) is 18.4 Å². The van der Waals surface area contributed by atoms with Crippen molar-refractivity contribution in [3.63, 3.8) is 0 Å². The number of rotatable bonds is 4. The molecule has 2 N–H and O–H groups in total. The molecular formula is C17H24N2. The zero-order valence-electron chi connectivity index (χ0n) is 12.2. The summed E-state index contributed by atoms with van der Waals surface area (Å²) in [7, 11) is 0. The Morgan fingerprint density at radius 2 is 1.68 bits per heavy atom. The van der Waals surface area contributed by atoms with Gasteiger partial charge in [-0.1, -0.05) is 45.0 Å². The van der Waals surface area contributed by atoms with Crippen LogP contribution in [0.5, 0.6) is 0 Å². The van der Waals surface area contributed by atoms with E-state index in [0.717, 1.165) is 13.0 Å². The van der Waals surface area contributed by atoms with Gasteiger partial charge in [0.25, 0.3) is 0 Å². The first-order valence-electron chi connectivity index (χ1n) is 6.93. The van der Waals surface area contributed by atoms with Gasteiger partial charge in [0, 0.05) is 18.9 Å². The number of aromatic nitrogens is 1. The summed E-state index contributed by atoms with van der Waals surface area (Å²) in [6.45, 7) is 8.37. The van der Waals surface area contributed by atoms with Crippen molar-refractivity contribution in [1.82, 2.24) is 4.57 Å². The van der Waals surface area contributed by atoms with E-state index in [4.69, 9.17) is 5.73 Å². The molecule has 2 aromatic rings. The van der Waals surface area contributed by atoms with Gasteiger partial charge in [0.05, 0.1) is 0 Å². The number of nitrogens with two attached hydrogens (primary N) is 1.